The second-order valence-corrected chi connectivity index (χ2v) is 3.97. The number of hydrogen-bond donors (Lipinski definition) is 1. The van der Waals surface area contributed by atoms with Crippen molar-refractivity contribution in [2.75, 3.05) is 0 Å². The lowest BCUT2D eigenvalue weighted by Crippen LogP contribution is -2.26. The van der Waals surface area contributed by atoms with E-state index >= 15 is 0 Å². The van der Waals surface area contributed by atoms with Gasteiger partial charge >= 0.3 is 0 Å². The lowest BCUT2D eigenvalue weighted by atomic mass is 10.1. The number of nitrogens with zero attached hydrogens (tertiary/aromatic N) is 2. The van der Waals surface area contributed by atoms with E-state index in [0.717, 1.165) is 0 Å². The molecule has 1 heterocycles. The van der Waals surface area contributed by atoms with Crippen LogP contribution in [0.5, 0.6) is 0 Å². The highest BCUT2D eigenvalue weighted by Crippen LogP contribution is 2.14. The quantitative estimate of drug-likeness (QED) is 0.737. The maximum absolute atomic E-state index is 12.2. The highest BCUT2D eigenvalue weighted by Gasteiger charge is 2.12. The highest BCUT2D eigenvalue weighted by atomic mass is 16.1. The van der Waals surface area contributed by atoms with Gasteiger partial charge in [0.1, 0.15) is 5.82 Å². The van der Waals surface area contributed by atoms with E-state index < -0.39 is 0 Å². The van der Waals surface area contributed by atoms with E-state index in [1.165, 1.54) is 4.57 Å². The lowest BCUT2D eigenvalue weighted by Gasteiger charge is -2.12. The fourth-order valence-electron chi connectivity index (χ4n) is 1.86. The molecule has 4 heteroatoms. The van der Waals surface area contributed by atoms with Crippen LogP contribution in [0.15, 0.2) is 23.0 Å². The Morgan fingerprint density at radius 3 is 2.82 bits per heavy atom. The van der Waals surface area contributed by atoms with Crippen LogP contribution in [0.25, 0.3) is 10.9 Å². The van der Waals surface area contributed by atoms with Crippen molar-refractivity contribution in [2.45, 2.75) is 13.0 Å². The van der Waals surface area contributed by atoms with Crippen LogP contribution < -0.4 is 11.3 Å². The number of rotatable bonds is 1. The summed E-state index contributed by atoms with van der Waals surface area (Å²) in [7, 11) is 1.65. The Kier molecular flexibility index (Phi) is 2.70. The Morgan fingerprint density at radius 2 is 2.24 bits per heavy atom. The first-order valence-corrected chi connectivity index (χ1v) is 5.28. The Bertz CT molecular complexity index is 677. The molecule has 0 saturated heterocycles. The molecule has 0 radical (unpaired) electrons. The van der Waals surface area contributed by atoms with Crippen molar-refractivity contribution in [3.8, 4) is 12.3 Å². The second-order valence-electron chi connectivity index (χ2n) is 3.97. The number of fused-ring (bicyclic) bond motifs is 1. The van der Waals surface area contributed by atoms with Gasteiger partial charge in [0.25, 0.3) is 5.56 Å². The van der Waals surface area contributed by atoms with E-state index in [4.69, 9.17) is 12.2 Å². The molecule has 1 aromatic carbocycles. The predicted molar refractivity (Wildman–Crippen MR) is 67.5 cm³/mol. The molecule has 0 aliphatic rings. The SMILES string of the molecule is C#Cc1cccc2nc([C@H](C)N)n(C)c(=O)c12. The Labute approximate surface area is 99.1 Å². The first kappa shape index (κ1) is 11.4. The molecule has 0 amide bonds. The van der Waals surface area contributed by atoms with Gasteiger partial charge in [-0.15, -0.1) is 6.42 Å². The van der Waals surface area contributed by atoms with Crippen LogP contribution >= 0.6 is 0 Å². The van der Waals surface area contributed by atoms with Gasteiger partial charge in [0.05, 0.1) is 16.9 Å². The molecule has 0 spiro atoms. The fourth-order valence-corrected chi connectivity index (χ4v) is 1.86. The van der Waals surface area contributed by atoms with Crippen molar-refractivity contribution >= 4 is 10.9 Å². The molecule has 0 bridgehead atoms. The van der Waals surface area contributed by atoms with Gasteiger partial charge in [0.2, 0.25) is 0 Å². The minimum absolute atomic E-state index is 0.157. The molecule has 0 unspecified atom stereocenters. The third-order valence-electron chi connectivity index (χ3n) is 2.70. The molecule has 2 rings (SSSR count). The van der Waals surface area contributed by atoms with Crippen LogP contribution in [-0.4, -0.2) is 9.55 Å². The maximum atomic E-state index is 12.2. The van der Waals surface area contributed by atoms with E-state index in [-0.39, 0.29) is 11.6 Å². The first-order chi connectivity index (χ1) is 8.06. The Balaban J connectivity index is 2.97. The topological polar surface area (TPSA) is 60.9 Å². The van der Waals surface area contributed by atoms with Gasteiger partial charge in [0.15, 0.2) is 0 Å². The third-order valence-corrected chi connectivity index (χ3v) is 2.70. The summed E-state index contributed by atoms with van der Waals surface area (Å²) in [5.41, 5.74) is 6.78. The zero-order valence-electron chi connectivity index (χ0n) is 9.77. The average Bonchev–Trinajstić information content (AvgIpc) is 2.32. The van der Waals surface area contributed by atoms with Crippen LogP contribution in [0.2, 0.25) is 0 Å². The van der Waals surface area contributed by atoms with Crippen LogP contribution in [0.1, 0.15) is 24.4 Å². The Morgan fingerprint density at radius 1 is 1.53 bits per heavy atom. The lowest BCUT2D eigenvalue weighted by molar-refractivity contribution is 0.656. The van der Waals surface area contributed by atoms with Crippen LogP contribution in [0, 0.1) is 12.3 Å². The predicted octanol–water partition coefficient (Wildman–Crippen LogP) is 0.934. The van der Waals surface area contributed by atoms with Crippen LogP contribution in [0.4, 0.5) is 0 Å². The van der Waals surface area contributed by atoms with Gasteiger partial charge < -0.3 is 5.73 Å². The van der Waals surface area contributed by atoms with Gasteiger partial charge in [-0.25, -0.2) is 4.98 Å². The smallest absolute Gasteiger partial charge is 0.262 e. The third kappa shape index (κ3) is 1.71. The monoisotopic (exact) mass is 227 g/mol. The molecule has 4 nitrogen and oxygen atoms in total. The minimum atomic E-state index is -0.299. The van der Waals surface area contributed by atoms with Crippen LogP contribution in [0.3, 0.4) is 0 Å². The number of nitrogens with two attached hydrogens (primary N) is 1. The molecular weight excluding hydrogens is 214 g/mol. The molecule has 17 heavy (non-hydrogen) atoms. The number of hydrogen-bond acceptors (Lipinski definition) is 3. The van der Waals surface area contributed by atoms with Gasteiger partial charge in [-0.3, -0.25) is 9.36 Å². The number of aromatic nitrogens is 2. The van der Waals surface area contributed by atoms with Crippen molar-refractivity contribution in [3.63, 3.8) is 0 Å². The van der Waals surface area contributed by atoms with E-state index in [2.05, 4.69) is 10.9 Å². The summed E-state index contributed by atoms with van der Waals surface area (Å²) in [5.74, 6) is 3.05. The summed E-state index contributed by atoms with van der Waals surface area (Å²) in [5, 5.41) is 0.474. The molecule has 0 aliphatic heterocycles. The van der Waals surface area contributed by atoms with E-state index in [1.807, 2.05) is 0 Å². The Hall–Kier alpha value is -2.12. The van der Waals surface area contributed by atoms with E-state index in [1.54, 1.807) is 32.2 Å². The number of benzene rings is 1. The summed E-state index contributed by atoms with van der Waals surface area (Å²) in [6.07, 6.45) is 5.38. The fraction of sp³-hybridized carbons (Fsp3) is 0.231. The summed E-state index contributed by atoms with van der Waals surface area (Å²) >= 11 is 0. The molecular formula is C13H13N3O. The van der Waals surface area contributed by atoms with E-state index in [0.29, 0.717) is 22.3 Å². The van der Waals surface area contributed by atoms with Crippen molar-refractivity contribution in [1.29, 1.82) is 0 Å². The molecule has 2 N–H and O–H groups in total. The molecule has 0 aliphatic carbocycles. The average molecular weight is 227 g/mol. The summed E-state index contributed by atoms with van der Waals surface area (Å²) in [4.78, 5) is 16.6. The summed E-state index contributed by atoms with van der Waals surface area (Å²) < 4.78 is 1.45. The molecule has 0 fully saturated rings. The summed E-state index contributed by atoms with van der Waals surface area (Å²) in [6, 6.07) is 4.99. The van der Waals surface area contributed by atoms with E-state index in [9.17, 15) is 4.79 Å². The maximum Gasteiger partial charge on any atom is 0.262 e. The molecule has 2 aromatic rings. The molecule has 1 aromatic heterocycles. The van der Waals surface area contributed by atoms with Crippen molar-refractivity contribution in [1.82, 2.24) is 9.55 Å². The normalized spacial score (nSPS) is 12.4. The molecule has 1 atom stereocenters. The second kappa shape index (κ2) is 4.04. The van der Waals surface area contributed by atoms with Gasteiger partial charge in [-0.1, -0.05) is 12.0 Å². The highest BCUT2D eigenvalue weighted by molar-refractivity contribution is 5.84. The summed E-state index contributed by atoms with van der Waals surface area (Å²) in [6.45, 7) is 1.79. The van der Waals surface area contributed by atoms with Crippen molar-refractivity contribution < 1.29 is 0 Å². The van der Waals surface area contributed by atoms with Gasteiger partial charge in [-0.05, 0) is 19.1 Å². The van der Waals surface area contributed by atoms with Gasteiger partial charge in [-0.2, -0.15) is 0 Å². The number of terminal acetylenes is 1. The van der Waals surface area contributed by atoms with Crippen molar-refractivity contribution in [3.05, 3.63) is 39.9 Å². The first-order valence-electron chi connectivity index (χ1n) is 5.28. The molecule has 86 valence electrons. The molecule has 0 saturated carbocycles. The van der Waals surface area contributed by atoms with Crippen LogP contribution in [-0.2, 0) is 7.05 Å². The largest absolute Gasteiger partial charge is 0.322 e. The zero-order chi connectivity index (χ0) is 12.6. The van der Waals surface area contributed by atoms with Gasteiger partial charge in [0, 0.05) is 12.6 Å². The standard InChI is InChI=1S/C13H13N3O/c1-4-9-6-5-7-10-11(9)13(17)16(3)12(15-10)8(2)14/h1,5-8H,14H2,2-3H3/t8-/m0/s1. The zero-order valence-corrected chi connectivity index (χ0v) is 9.77. The van der Waals surface area contributed by atoms with Crippen molar-refractivity contribution in [2.24, 2.45) is 12.8 Å². The minimum Gasteiger partial charge on any atom is -0.322 e.